The maximum atomic E-state index is 11.4. The standard InChI is InChI=1S/C11H21NO5S/c1-11(2,3)16-10(13)12-7-8-5-9(6-8)17-18(4,14)15/h8-9H,5-7H2,1-4H3,(H,12,13)/t8-,9+. The van der Waals surface area contributed by atoms with E-state index in [0.717, 1.165) is 6.26 Å². The van der Waals surface area contributed by atoms with E-state index in [1.165, 1.54) is 0 Å². The Morgan fingerprint density at radius 2 is 1.89 bits per heavy atom. The first-order valence-corrected chi connectivity index (χ1v) is 7.72. The monoisotopic (exact) mass is 279 g/mol. The van der Waals surface area contributed by atoms with Gasteiger partial charge in [0.1, 0.15) is 5.60 Å². The van der Waals surface area contributed by atoms with Gasteiger partial charge in [-0.15, -0.1) is 0 Å². The minimum absolute atomic E-state index is 0.245. The van der Waals surface area contributed by atoms with Crippen LogP contribution in [0.4, 0.5) is 4.79 Å². The lowest BCUT2D eigenvalue weighted by atomic mass is 9.82. The summed E-state index contributed by atoms with van der Waals surface area (Å²) in [6, 6.07) is 0. The van der Waals surface area contributed by atoms with E-state index in [0.29, 0.717) is 19.4 Å². The predicted octanol–water partition coefficient (Wildman–Crippen LogP) is 1.27. The number of rotatable bonds is 4. The lowest BCUT2D eigenvalue weighted by Crippen LogP contribution is -2.42. The molecule has 0 bridgehead atoms. The number of carbonyl (C=O) groups excluding carboxylic acids is 1. The molecule has 0 atom stereocenters. The minimum Gasteiger partial charge on any atom is -0.444 e. The molecule has 6 nitrogen and oxygen atoms in total. The van der Waals surface area contributed by atoms with Crippen molar-refractivity contribution in [1.29, 1.82) is 0 Å². The van der Waals surface area contributed by atoms with Crippen LogP contribution in [0.1, 0.15) is 33.6 Å². The molecule has 18 heavy (non-hydrogen) atoms. The van der Waals surface area contributed by atoms with E-state index >= 15 is 0 Å². The molecule has 0 radical (unpaired) electrons. The third-order valence-electron chi connectivity index (χ3n) is 2.44. The Kier molecular flexibility index (Phi) is 4.61. The molecule has 106 valence electrons. The van der Waals surface area contributed by atoms with Crippen molar-refractivity contribution in [2.45, 2.75) is 45.3 Å². The summed E-state index contributed by atoms with van der Waals surface area (Å²) in [7, 11) is -3.37. The molecule has 0 aromatic heterocycles. The average Bonchev–Trinajstić information content (AvgIpc) is 2.03. The van der Waals surface area contributed by atoms with E-state index in [2.05, 4.69) is 5.32 Å². The van der Waals surface area contributed by atoms with Crippen molar-refractivity contribution >= 4 is 16.2 Å². The second-order valence-corrected chi connectivity index (χ2v) is 7.24. The number of ether oxygens (including phenoxy) is 1. The molecule has 0 saturated heterocycles. The quantitative estimate of drug-likeness (QED) is 0.784. The Morgan fingerprint density at radius 1 is 1.33 bits per heavy atom. The Hall–Kier alpha value is -0.820. The van der Waals surface area contributed by atoms with Gasteiger partial charge in [0.2, 0.25) is 0 Å². The molecule has 1 rings (SSSR count). The maximum absolute atomic E-state index is 11.4. The lowest BCUT2D eigenvalue weighted by molar-refractivity contribution is 0.0429. The van der Waals surface area contributed by atoms with Gasteiger partial charge in [0.15, 0.2) is 0 Å². The Balaban J connectivity index is 2.16. The first kappa shape index (κ1) is 15.2. The normalized spacial score (nSPS) is 24.2. The molecule has 0 aromatic carbocycles. The van der Waals surface area contributed by atoms with Gasteiger partial charge in [0.05, 0.1) is 12.4 Å². The van der Waals surface area contributed by atoms with Crippen molar-refractivity contribution in [1.82, 2.24) is 5.32 Å². The number of carbonyl (C=O) groups is 1. The third kappa shape index (κ3) is 6.20. The summed E-state index contributed by atoms with van der Waals surface area (Å²) in [5, 5.41) is 2.66. The molecule has 1 aliphatic rings. The van der Waals surface area contributed by atoms with Gasteiger partial charge in [-0.1, -0.05) is 0 Å². The molecule has 1 saturated carbocycles. The van der Waals surface area contributed by atoms with Gasteiger partial charge in [-0.25, -0.2) is 4.79 Å². The van der Waals surface area contributed by atoms with Crippen LogP contribution in [0.25, 0.3) is 0 Å². The molecule has 1 amide bonds. The smallest absolute Gasteiger partial charge is 0.407 e. The summed E-state index contributed by atoms with van der Waals surface area (Å²) in [4.78, 5) is 11.4. The predicted molar refractivity (Wildman–Crippen MR) is 66.7 cm³/mol. The van der Waals surface area contributed by atoms with Gasteiger partial charge in [-0.2, -0.15) is 8.42 Å². The average molecular weight is 279 g/mol. The van der Waals surface area contributed by atoms with Crippen LogP contribution >= 0.6 is 0 Å². The zero-order valence-electron chi connectivity index (χ0n) is 11.2. The molecule has 0 spiro atoms. The first-order chi connectivity index (χ1) is 8.05. The second kappa shape index (κ2) is 5.44. The summed E-state index contributed by atoms with van der Waals surface area (Å²) in [6.45, 7) is 5.88. The van der Waals surface area contributed by atoms with Crippen LogP contribution < -0.4 is 5.32 Å². The van der Waals surface area contributed by atoms with E-state index in [1.54, 1.807) is 20.8 Å². The van der Waals surface area contributed by atoms with Crippen molar-refractivity contribution in [2.24, 2.45) is 5.92 Å². The van der Waals surface area contributed by atoms with Crippen LogP contribution in [0, 0.1) is 5.92 Å². The van der Waals surface area contributed by atoms with Gasteiger partial charge in [0.25, 0.3) is 10.1 Å². The molecule has 0 aromatic rings. The third-order valence-corrected chi connectivity index (χ3v) is 3.06. The highest BCUT2D eigenvalue weighted by Gasteiger charge is 2.32. The summed E-state index contributed by atoms with van der Waals surface area (Å²) in [6.07, 6.45) is 1.63. The van der Waals surface area contributed by atoms with Crippen LogP contribution in [0.5, 0.6) is 0 Å². The van der Waals surface area contributed by atoms with E-state index in [1.807, 2.05) is 0 Å². The second-order valence-electron chi connectivity index (χ2n) is 5.64. The van der Waals surface area contributed by atoms with Crippen LogP contribution in [-0.4, -0.2) is 39.0 Å². The summed E-state index contributed by atoms with van der Waals surface area (Å²) >= 11 is 0. The molecule has 1 N–H and O–H groups in total. The maximum Gasteiger partial charge on any atom is 0.407 e. The number of hydrogen-bond acceptors (Lipinski definition) is 5. The van der Waals surface area contributed by atoms with Crippen LogP contribution in [0.3, 0.4) is 0 Å². The van der Waals surface area contributed by atoms with Crippen LogP contribution in [-0.2, 0) is 19.0 Å². The fourth-order valence-corrected chi connectivity index (χ4v) is 2.36. The van der Waals surface area contributed by atoms with Gasteiger partial charge in [-0.05, 0) is 39.5 Å². The van der Waals surface area contributed by atoms with E-state index in [4.69, 9.17) is 8.92 Å². The Labute approximate surface area is 108 Å². The van der Waals surface area contributed by atoms with Crippen molar-refractivity contribution in [3.8, 4) is 0 Å². The molecule has 0 unspecified atom stereocenters. The Morgan fingerprint density at radius 3 is 2.33 bits per heavy atom. The lowest BCUT2D eigenvalue weighted by Gasteiger charge is -2.34. The van der Waals surface area contributed by atoms with Gasteiger partial charge in [-0.3, -0.25) is 4.18 Å². The van der Waals surface area contributed by atoms with Crippen molar-refractivity contribution in [3.05, 3.63) is 0 Å². The highest BCUT2D eigenvalue weighted by molar-refractivity contribution is 7.86. The number of amides is 1. The number of nitrogens with one attached hydrogen (secondary N) is 1. The largest absolute Gasteiger partial charge is 0.444 e. The fraction of sp³-hybridized carbons (Fsp3) is 0.909. The first-order valence-electron chi connectivity index (χ1n) is 5.90. The zero-order chi connectivity index (χ0) is 14.0. The topological polar surface area (TPSA) is 81.7 Å². The highest BCUT2D eigenvalue weighted by Crippen LogP contribution is 2.30. The molecular formula is C11H21NO5S. The van der Waals surface area contributed by atoms with E-state index in [9.17, 15) is 13.2 Å². The SMILES string of the molecule is CC(C)(C)OC(=O)NC[C@H]1C[C@@H](OS(C)(=O)=O)C1. The minimum atomic E-state index is -3.37. The van der Waals surface area contributed by atoms with Gasteiger partial charge < -0.3 is 10.1 Å². The summed E-state index contributed by atoms with van der Waals surface area (Å²) in [5.74, 6) is 0.254. The molecule has 1 fully saturated rings. The molecule has 0 heterocycles. The van der Waals surface area contributed by atoms with E-state index in [-0.39, 0.29) is 12.0 Å². The van der Waals surface area contributed by atoms with Crippen LogP contribution in [0.15, 0.2) is 0 Å². The molecule has 7 heteroatoms. The van der Waals surface area contributed by atoms with E-state index < -0.39 is 21.8 Å². The van der Waals surface area contributed by atoms with Crippen molar-refractivity contribution < 1.29 is 22.1 Å². The number of alkyl carbamates (subject to hydrolysis) is 1. The Bertz CT molecular complexity index is 392. The van der Waals surface area contributed by atoms with Gasteiger partial charge >= 0.3 is 6.09 Å². The number of hydrogen-bond donors (Lipinski definition) is 1. The zero-order valence-corrected chi connectivity index (χ0v) is 12.0. The van der Waals surface area contributed by atoms with Crippen molar-refractivity contribution in [2.75, 3.05) is 12.8 Å². The van der Waals surface area contributed by atoms with Crippen LogP contribution in [0.2, 0.25) is 0 Å². The van der Waals surface area contributed by atoms with Gasteiger partial charge in [0, 0.05) is 6.54 Å². The highest BCUT2D eigenvalue weighted by atomic mass is 32.2. The fourth-order valence-electron chi connectivity index (χ4n) is 1.71. The molecular weight excluding hydrogens is 258 g/mol. The molecule has 0 aliphatic heterocycles. The summed E-state index contributed by atoms with van der Waals surface area (Å²) < 4.78 is 31.6. The summed E-state index contributed by atoms with van der Waals surface area (Å²) in [5.41, 5.74) is -0.508. The molecule has 1 aliphatic carbocycles. The van der Waals surface area contributed by atoms with Crippen molar-refractivity contribution in [3.63, 3.8) is 0 Å².